The predicted molar refractivity (Wildman–Crippen MR) is 77.4 cm³/mol. The van der Waals surface area contributed by atoms with E-state index in [0.29, 0.717) is 6.04 Å². The molecule has 2 heterocycles. The van der Waals surface area contributed by atoms with Crippen LogP contribution in [-0.4, -0.2) is 33.5 Å². The molecule has 0 aromatic heterocycles. The van der Waals surface area contributed by atoms with Gasteiger partial charge in [-0.25, -0.2) is 0 Å². The molecule has 1 unspecified atom stereocenters. The lowest BCUT2D eigenvalue weighted by atomic mass is 9.96. The van der Waals surface area contributed by atoms with Crippen LogP contribution in [0.15, 0.2) is 18.2 Å². The first kappa shape index (κ1) is 13.7. The van der Waals surface area contributed by atoms with Gasteiger partial charge in [-0.1, -0.05) is 0 Å². The molecule has 1 atom stereocenters. The van der Waals surface area contributed by atoms with Gasteiger partial charge in [0.2, 0.25) is 0 Å². The highest BCUT2D eigenvalue weighted by Gasteiger charge is 2.23. The number of rotatable bonds is 4. The first-order valence-corrected chi connectivity index (χ1v) is 7.48. The summed E-state index contributed by atoms with van der Waals surface area (Å²) in [5.41, 5.74) is 1.22. The van der Waals surface area contributed by atoms with E-state index in [2.05, 4.69) is 11.4 Å². The minimum absolute atomic E-state index is 0.372. The molecule has 0 radical (unpaired) electrons. The number of hydrogen-bond acceptors (Lipinski definition) is 4. The molecule has 4 nitrogen and oxygen atoms in total. The summed E-state index contributed by atoms with van der Waals surface area (Å²) in [7, 11) is 1.70. The van der Waals surface area contributed by atoms with Crippen LogP contribution in [0.4, 0.5) is 0 Å². The van der Waals surface area contributed by atoms with Crippen LogP contribution in [0.25, 0.3) is 0 Å². The van der Waals surface area contributed by atoms with E-state index in [1.165, 1.54) is 18.4 Å². The highest BCUT2D eigenvalue weighted by atomic mass is 16.5. The van der Waals surface area contributed by atoms with Crippen molar-refractivity contribution in [1.29, 1.82) is 0 Å². The molecule has 1 N–H and O–H groups in total. The molecule has 2 aliphatic rings. The normalized spacial score (nSPS) is 22.9. The van der Waals surface area contributed by atoms with E-state index < -0.39 is 0 Å². The number of nitrogens with one attached hydrogen (secondary N) is 1. The fourth-order valence-electron chi connectivity index (χ4n) is 2.97. The second-order valence-corrected chi connectivity index (χ2v) is 5.56. The second kappa shape index (κ2) is 6.46. The van der Waals surface area contributed by atoms with E-state index in [9.17, 15) is 0 Å². The zero-order chi connectivity index (χ0) is 13.8. The van der Waals surface area contributed by atoms with Crippen molar-refractivity contribution >= 4 is 0 Å². The van der Waals surface area contributed by atoms with Gasteiger partial charge in [-0.05, 0) is 43.5 Å². The van der Waals surface area contributed by atoms with Gasteiger partial charge in [-0.2, -0.15) is 0 Å². The van der Waals surface area contributed by atoms with Gasteiger partial charge in [0.05, 0.1) is 13.7 Å². The Morgan fingerprint density at radius 2 is 2.05 bits per heavy atom. The summed E-state index contributed by atoms with van der Waals surface area (Å²) in [6, 6.07) is 6.43. The second-order valence-electron chi connectivity index (χ2n) is 5.56. The molecule has 0 spiro atoms. The third-order valence-corrected chi connectivity index (χ3v) is 4.25. The molecular weight excluding hydrogens is 254 g/mol. The van der Waals surface area contributed by atoms with Gasteiger partial charge in [0.15, 0.2) is 0 Å². The van der Waals surface area contributed by atoms with Gasteiger partial charge in [0.1, 0.15) is 11.5 Å². The lowest BCUT2D eigenvalue weighted by molar-refractivity contribution is 0.0648. The van der Waals surface area contributed by atoms with Crippen LogP contribution in [0.5, 0.6) is 11.5 Å². The van der Waals surface area contributed by atoms with Crippen LogP contribution in [0.3, 0.4) is 0 Å². The average molecular weight is 277 g/mol. The first-order valence-electron chi connectivity index (χ1n) is 7.48. The Hall–Kier alpha value is -1.26. The fraction of sp³-hybridized carbons (Fsp3) is 0.625. The van der Waals surface area contributed by atoms with Crippen molar-refractivity contribution in [3.05, 3.63) is 23.8 Å². The summed E-state index contributed by atoms with van der Waals surface area (Å²) in [5.74, 6) is 2.62. The molecule has 0 bridgehead atoms. The van der Waals surface area contributed by atoms with Gasteiger partial charge >= 0.3 is 0 Å². The number of methoxy groups -OCH3 is 1. The highest BCUT2D eigenvalue weighted by Crippen LogP contribution is 2.35. The Morgan fingerprint density at radius 1 is 1.20 bits per heavy atom. The summed E-state index contributed by atoms with van der Waals surface area (Å²) in [6.45, 7) is 3.66. The molecule has 1 fully saturated rings. The Morgan fingerprint density at radius 3 is 2.85 bits per heavy atom. The number of ether oxygens (including phenoxy) is 3. The number of fused-ring (bicyclic) bond motifs is 1. The van der Waals surface area contributed by atoms with Crippen molar-refractivity contribution in [3.63, 3.8) is 0 Å². The molecule has 2 aliphatic heterocycles. The molecule has 110 valence electrons. The molecule has 4 heteroatoms. The van der Waals surface area contributed by atoms with Gasteiger partial charge in [-0.15, -0.1) is 0 Å². The van der Waals surface area contributed by atoms with Crippen LogP contribution in [-0.2, 0) is 4.74 Å². The molecule has 1 aromatic rings. The highest BCUT2D eigenvalue weighted by molar-refractivity contribution is 5.43. The molecule has 0 saturated carbocycles. The number of hydrogen-bond donors (Lipinski definition) is 1. The summed E-state index contributed by atoms with van der Waals surface area (Å²) in [4.78, 5) is 0. The maximum absolute atomic E-state index is 5.73. The third-order valence-electron chi connectivity index (χ3n) is 4.25. The van der Waals surface area contributed by atoms with Crippen LogP contribution in [0.1, 0.15) is 30.9 Å². The third kappa shape index (κ3) is 3.07. The summed E-state index contributed by atoms with van der Waals surface area (Å²) in [6.07, 6.45) is 3.35. The van der Waals surface area contributed by atoms with Gasteiger partial charge in [-0.3, -0.25) is 0 Å². The van der Waals surface area contributed by atoms with Crippen LogP contribution in [0.2, 0.25) is 0 Å². The monoisotopic (exact) mass is 277 g/mol. The van der Waals surface area contributed by atoms with Crippen LogP contribution >= 0.6 is 0 Å². The van der Waals surface area contributed by atoms with Crippen LogP contribution < -0.4 is 14.8 Å². The van der Waals surface area contributed by atoms with Crippen LogP contribution in [0, 0.1) is 5.92 Å². The molecule has 1 saturated heterocycles. The minimum Gasteiger partial charge on any atom is -0.497 e. The van der Waals surface area contributed by atoms with Crippen molar-refractivity contribution in [1.82, 2.24) is 5.32 Å². The molecule has 0 amide bonds. The Bertz CT molecular complexity index is 443. The Balaban J connectivity index is 1.65. The predicted octanol–water partition coefficient (Wildman–Crippen LogP) is 2.54. The maximum atomic E-state index is 5.73. The molecular formula is C16H23NO3. The Labute approximate surface area is 120 Å². The van der Waals surface area contributed by atoms with Crippen molar-refractivity contribution in [2.75, 3.05) is 33.5 Å². The molecule has 3 rings (SSSR count). The zero-order valence-electron chi connectivity index (χ0n) is 12.1. The van der Waals surface area contributed by atoms with E-state index in [1.54, 1.807) is 7.11 Å². The van der Waals surface area contributed by atoms with E-state index >= 15 is 0 Å². The quantitative estimate of drug-likeness (QED) is 0.918. The van der Waals surface area contributed by atoms with Crippen molar-refractivity contribution in [3.8, 4) is 11.5 Å². The maximum Gasteiger partial charge on any atom is 0.124 e. The van der Waals surface area contributed by atoms with Gasteiger partial charge in [0.25, 0.3) is 0 Å². The van der Waals surface area contributed by atoms with Gasteiger partial charge < -0.3 is 19.5 Å². The fourth-order valence-corrected chi connectivity index (χ4v) is 2.97. The lowest BCUT2D eigenvalue weighted by Gasteiger charge is -2.30. The summed E-state index contributed by atoms with van der Waals surface area (Å²) >= 11 is 0. The van der Waals surface area contributed by atoms with E-state index in [1.807, 2.05) is 12.1 Å². The molecule has 0 aliphatic carbocycles. The molecule has 20 heavy (non-hydrogen) atoms. The lowest BCUT2D eigenvalue weighted by Crippen LogP contribution is -2.33. The molecule has 1 aromatic carbocycles. The minimum atomic E-state index is 0.372. The van der Waals surface area contributed by atoms with Crippen molar-refractivity contribution in [2.45, 2.75) is 25.3 Å². The largest absolute Gasteiger partial charge is 0.497 e. The average Bonchev–Trinajstić information content (AvgIpc) is 2.53. The van der Waals surface area contributed by atoms with E-state index in [0.717, 1.165) is 50.2 Å². The SMILES string of the molecule is COc1ccc2c(c1)C(NCC1CCOCC1)CCO2. The van der Waals surface area contributed by atoms with Gasteiger partial charge in [0, 0.05) is 31.2 Å². The van der Waals surface area contributed by atoms with E-state index in [4.69, 9.17) is 14.2 Å². The topological polar surface area (TPSA) is 39.7 Å². The van der Waals surface area contributed by atoms with E-state index in [-0.39, 0.29) is 0 Å². The van der Waals surface area contributed by atoms with Crippen molar-refractivity contribution < 1.29 is 14.2 Å². The summed E-state index contributed by atoms with van der Waals surface area (Å²) in [5, 5.41) is 3.71. The zero-order valence-corrected chi connectivity index (χ0v) is 12.1. The first-order chi connectivity index (χ1) is 9.86. The van der Waals surface area contributed by atoms with Crippen molar-refractivity contribution in [2.24, 2.45) is 5.92 Å². The summed E-state index contributed by atoms with van der Waals surface area (Å²) < 4.78 is 16.5. The Kier molecular flexibility index (Phi) is 4.43. The number of benzene rings is 1. The smallest absolute Gasteiger partial charge is 0.124 e. The standard InChI is InChI=1S/C16H23NO3/c1-18-13-2-3-16-14(10-13)15(6-9-20-16)17-11-12-4-7-19-8-5-12/h2-3,10,12,15,17H,4-9,11H2,1H3.